The topological polar surface area (TPSA) is 136 Å². The number of methoxy groups -OCH3 is 5. The summed E-state index contributed by atoms with van der Waals surface area (Å²) in [6.45, 7) is 0. The van der Waals surface area contributed by atoms with Gasteiger partial charge in [-0.05, 0) is 71.8 Å². The Morgan fingerprint density at radius 2 is 1.28 bits per heavy atom. The van der Waals surface area contributed by atoms with Crippen LogP contribution in [0.3, 0.4) is 0 Å². The predicted octanol–water partition coefficient (Wildman–Crippen LogP) is 5.63. The maximum absolute atomic E-state index is 13.3. The zero-order valence-corrected chi connectivity index (χ0v) is 27.1. The van der Waals surface area contributed by atoms with Gasteiger partial charge in [-0.25, -0.2) is 4.79 Å². The van der Waals surface area contributed by atoms with Crippen LogP contribution in [0, 0.1) is 0 Å². The lowest BCUT2D eigenvalue weighted by Gasteiger charge is -2.26. The highest BCUT2D eigenvalue weighted by atomic mass is 32.1. The summed E-state index contributed by atoms with van der Waals surface area (Å²) >= 11 is 1.10. The van der Waals surface area contributed by atoms with Gasteiger partial charge in [-0.2, -0.15) is 8.75 Å². The van der Waals surface area contributed by atoms with Crippen molar-refractivity contribution in [2.45, 2.75) is 12.2 Å². The zero-order valence-electron chi connectivity index (χ0n) is 26.3. The second-order valence-electron chi connectivity index (χ2n) is 10.2. The Morgan fingerprint density at radius 1 is 0.723 bits per heavy atom. The number of benzene rings is 4. The first-order chi connectivity index (χ1) is 22.7. The van der Waals surface area contributed by atoms with Crippen LogP contribution in [0.2, 0.25) is 0 Å². The fraction of sp³-hybridized carbons (Fsp3) is 0.200. The number of carbonyl (C=O) groups excluding carboxylic acids is 2. The molecular weight excluding hydrogens is 624 g/mol. The normalized spacial score (nSPS) is 15.4. The molecule has 0 amide bonds. The van der Waals surface area contributed by atoms with Gasteiger partial charge in [0, 0.05) is 35.3 Å². The molecule has 0 saturated heterocycles. The smallest absolute Gasteiger partial charge is 0.342 e. The molecule has 242 valence electrons. The summed E-state index contributed by atoms with van der Waals surface area (Å²) in [6, 6.07) is 22.6. The summed E-state index contributed by atoms with van der Waals surface area (Å²) in [5, 5.41) is 11.8. The molecule has 2 heterocycles. The summed E-state index contributed by atoms with van der Waals surface area (Å²) in [5.74, 6) is 0.434. The molecule has 0 bridgehead atoms. The van der Waals surface area contributed by atoms with Crippen LogP contribution in [0.5, 0.6) is 28.7 Å². The number of carbonyl (C=O) groups is 2. The summed E-state index contributed by atoms with van der Waals surface area (Å²) in [4.78, 5) is 23.7. The van der Waals surface area contributed by atoms with Crippen LogP contribution in [0.25, 0.3) is 16.6 Å². The molecule has 1 N–H and O–H groups in total. The van der Waals surface area contributed by atoms with E-state index in [1.165, 1.54) is 0 Å². The van der Waals surface area contributed by atoms with Crippen molar-refractivity contribution in [3.8, 4) is 28.7 Å². The van der Waals surface area contributed by atoms with E-state index in [1.54, 1.807) is 102 Å². The number of cyclic esters (lactones) is 1. The minimum absolute atomic E-state index is 0.199. The second-order valence-corrected chi connectivity index (χ2v) is 10.8. The lowest BCUT2D eigenvalue weighted by atomic mass is 9.88. The van der Waals surface area contributed by atoms with Gasteiger partial charge in [0.2, 0.25) is 0 Å². The van der Waals surface area contributed by atoms with E-state index >= 15 is 0 Å². The van der Waals surface area contributed by atoms with Crippen molar-refractivity contribution in [3.63, 3.8) is 0 Å². The number of aliphatic hydroxyl groups is 1. The molecule has 47 heavy (non-hydrogen) atoms. The van der Waals surface area contributed by atoms with Gasteiger partial charge in [0.1, 0.15) is 46.1 Å². The number of hydrogen-bond acceptors (Lipinski definition) is 12. The highest BCUT2D eigenvalue weighted by Gasteiger charge is 2.48. The number of esters is 1. The van der Waals surface area contributed by atoms with Crippen LogP contribution in [-0.4, -0.2) is 61.7 Å². The number of nitrogens with zero attached hydrogens (tertiary/aromatic N) is 2. The van der Waals surface area contributed by atoms with Crippen molar-refractivity contribution < 1.29 is 43.1 Å². The summed E-state index contributed by atoms with van der Waals surface area (Å²) in [5.41, 5.74) is 4.38. The highest BCUT2D eigenvalue weighted by molar-refractivity contribution is 7.00. The molecule has 1 atom stereocenters. The van der Waals surface area contributed by atoms with Gasteiger partial charge in [0.05, 0.1) is 52.9 Å². The van der Waals surface area contributed by atoms with Gasteiger partial charge in [0.15, 0.2) is 0 Å². The maximum Gasteiger partial charge on any atom is 0.342 e. The van der Waals surface area contributed by atoms with Crippen LogP contribution >= 0.6 is 11.7 Å². The molecule has 0 spiro atoms. The molecule has 1 aromatic heterocycles. The fourth-order valence-electron chi connectivity index (χ4n) is 5.10. The number of aldehydes is 1. The Morgan fingerprint density at radius 3 is 1.83 bits per heavy atom. The van der Waals surface area contributed by atoms with E-state index in [0.29, 0.717) is 56.5 Å². The van der Waals surface area contributed by atoms with Crippen molar-refractivity contribution in [3.05, 3.63) is 107 Å². The average Bonchev–Trinajstić information content (AvgIpc) is 3.68. The number of aromatic nitrogens is 2. The molecular formula is C35H32N2O9S. The molecule has 12 heteroatoms. The van der Waals surface area contributed by atoms with Crippen LogP contribution < -0.4 is 23.7 Å². The lowest BCUT2D eigenvalue weighted by molar-refractivity contribution is -0.185. The van der Waals surface area contributed by atoms with Gasteiger partial charge in [-0.15, -0.1) is 0 Å². The van der Waals surface area contributed by atoms with Crippen LogP contribution in [0.4, 0.5) is 0 Å². The Balaban J connectivity index is 0.000000305. The average molecular weight is 657 g/mol. The van der Waals surface area contributed by atoms with Gasteiger partial charge in [-0.3, -0.25) is 4.79 Å². The Kier molecular flexibility index (Phi) is 10.0. The molecule has 4 aromatic carbocycles. The highest BCUT2D eigenvalue weighted by Crippen LogP contribution is 2.45. The van der Waals surface area contributed by atoms with Crippen LogP contribution in [0.1, 0.15) is 27.0 Å². The summed E-state index contributed by atoms with van der Waals surface area (Å²) < 4.78 is 40.2. The molecule has 1 aliphatic rings. The number of rotatable bonds is 10. The lowest BCUT2D eigenvalue weighted by Crippen LogP contribution is -2.29. The number of ether oxygens (including phenoxy) is 6. The van der Waals surface area contributed by atoms with E-state index < -0.39 is 11.8 Å². The third-order valence-corrected chi connectivity index (χ3v) is 8.04. The summed E-state index contributed by atoms with van der Waals surface area (Å²) in [7, 11) is 7.78. The minimum Gasteiger partial charge on any atom is -0.497 e. The molecule has 1 aliphatic heterocycles. The van der Waals surface area contributed by atoms with Crippen molar-refractivity contribution in [2.24, 2.45) is 0 Å². The molecule has 0 fully saturated rings. The first kappa shape index (κ1) is 32.9. The van der Waals surface area contributed by atoms with Gasteiger partial charge < -0.3 is 33.5 Å². The van der Waals surface area contributed by atoms with Crippen molar-refractivity contribution in [1.82, 2.24) is 8.75 Å². The maximum atomic E-state index is 13.3. The molecule has 0 saturated carbocycles. The molecule has 6 rings (SSSR count). The quantitative estimate of drug-likeness (QED) is 0.148. The Labute approximate surface area is 275 Å². The van der Waals surface area contributed by atoms with Crippen molar-refractivity contribution in [1.29, 1.82) is 0 Å². The largest absolute Gasteiger partial charge is 0.497 e. The summed E-state index contributed by atoms with van der Waals surface area (Å²) in [6.07, 6.45) is 0.954. The fourth-order valence-corrected chi connectivity index (χ4v) is 5.61. The van der Waals surface area contributed by atoms with E-state index in [9.17, 15) is 14.7 Å². The minimum atomic E-state index is -1.98. The zero-order chi connectivity index (χ0) is 33.6. The SMILES string of the molecule is COc1cc(C=O)cc(OC)c1.COc1ccc(C2(O)OC(=O)C(c3ccc4nsnc4c3)=C2Cc2cc(OC)cc(OC)c2)cc1. The number of fused-ring (bicyclic) bond motifs is 1. The van der Waals surface area contributed by atoms with Crippen molar-refractivity contribution >= 4 is 40.6 Å². The first-order valence-electron chi connectivity index (χ1n) is 14.2. The first-order valence-corrected chi connectivity index (χ1v) is 14.9. The van der Waals surface area contributed by atoms with Gasteiger partial charge in [-0.1, -0.05) is 6.07 Å². The van der Waals surface area contributed by atoms with Crippen LogP contribution in [-0.2, 0) is 21.7 Å². The third kappa shape index (κ3) is 7.03. The Bertz CT molecular complexity index is 1890. The number of hydrogen-bond donors (Lipinski definition) is 1. The Hall–Kier alpha value is -5.46. The molecule has 0 aliphatic carbocycles. The molecule has 0 radical (unpaired) electrons. The molecule has 1 unspecified atom stereocenters. The van der Waals surface area contributed by atoms with E-state index in [1.807, 2.05) is 12.1 Å². The van der Waals surface area contributed by atoms with E-state index in [2.05, 4.69) is 8.75 Å². The predicted molar refractivity (Wildman–Crippen MR) is 176 cm³/mol. The van der Waals surface area contributed by atoms with E-state index in [0.717, 1.165) is 29.1 Å². The molecule has 5 aromatic rings. The van der Waals surface area contributed by atoms with Crippen LogP contribution in [0.15, 0.2) is 84.4 Å². The standard InChI is InChI=1S/C26H22N2O6S.C9H10O3/c1-31-18-7-5-17(6-8-18)26(30)21(12-15-10-19(32-2)14-20(11-15)33-3)24(25(29)34-26)16-4-9-22-23(13-16)28-35-27-22;1-11-8-3-7(6-10)4-9(5-8)12-2/h4-11,13-14,30H,12H2,1-3H3;3-6H,1-2H3. The monoisotopic (exact) mass is 656 g/mol. The van der Waals surface area contributed by atoms with E-state index in [-0.39, 0.29) is 12.0 Å². The molecule has 11 nitrogen and oxygen atoms in total. The van der Waals surface area contributed by atoms with Gasteiger partial charge >= 0.3 is 5.97 Å². The third-order valence-electron chi connectivity index (χ3n) is 7.48. The second kappa shape index (κ2) is 14.3. The van der Waals surface area contributed by atoms with Gasteiger partial charge in [0.25, 0.3) is 5.79 Å². The van der Waals surface area contributed by atoms with E-state index in [4.69, 9.17) is 28.4 Å². The van der Waals surface area contributed by atoms with Crippen molar-refractivity contribution in [2.75, 3.05) is 35.5 Å².